The summed E-state index contributed by atoms with van der Waals surface area (Å²) in [6.07, 6.45) is -3.52. The minimum absolute atomic E-state index is 0.200. The van der Waals surface area contributed by atoms with E-state index in [1.165, 1.54) is 0 Å². The molecule has 0 amide bonds. The number of nitrogens with zero attached hydrogens (tertiary/aromatic N) is 2. The number of aromatic nitrogens is 2. The Hall–Kier alpha value is -5.27. The number of alkyl halides is 3. The van der Waals surface area contributed by atoms with Crippen LogP contribution in [0.2, 0.25) is 0 Å². The van der Waals surface area contributed by atoms with E-state index in [0.29, 0.717) is 23.0 Å². The van der Waals surface area contributed by atoms with Crippen LogP contribution in [0.25, 0.3) is 44.4 Å². The lowest BCUT2D eigenvalue weighted by Crippen LogP contribution is -2.47. The maximum atomic E-state index is 12.8. The number of hydrogen-bond donors (Lipinski definition) is 2. The van der Waals surface area contributed by atoms with Gasteiger partial charge in [-0.05, 0) is 29.3 Å². The first-order chi connectivity index (χ1) is 19.1. The second kappa shape index (κ2) is 11.6. The Kier molecular flexibility index (Phi) is 8.07. The number of pyridine rings is 2. The van der Waals surface area contributed by atoms with Crippen molar-refractivity contribution in [3.05, 3.63) is 113 Å². The van der Waals surface area contributed by atoms with Gasteiger partial charge >= 0.3 is 6.18 Å². The predicted molar refractivity (Wildman–Crippen MR) is 141 cm³/mol. The molecule has 2 aromatic heterocycles. The number of nitriles is 1. The third kappa shape index (κ3) is 6.06. The number of fused-ring (bicyclic) bond motifs is 1. The monoisotopic (exact) mass is 542 g/mol. The standard InChI is InChI=1S/C28H20N4O.C2HF3O2/c29-15-18-9-11-21(12-10-18)26-23(20-6-2-1-3-7-20)14-24-27(32-26)25(17-31-28(24)33)22-8-4-5-19(13-22)16-30;3-2(4,5)1(6)7/h1-14,17H,15,29H2,(H,31,33);(H,6,7). The summed E-state index contributed by atoms with van der Waals surface area (Å²) in [7, 11) is 0. The fraction of sp³-hybridized carbons (Fsp3) is 0.0667. The highest BCUT2D eigenvalue weighted by Gasteiger charge is 2.28. The topological polar surface area (TPSA) is 137 Å². The number of carboxylic acid groups (broad SMARTS) is 1. The van der Waals surface area contributed by atoms with Crippen LogP contribution in [0.1, 0.15) is 11.1 Å². The van der Waals surface area contributed by atoms with Crippen LogP contribution in [0, 0.1) is 11.3 Å². The highest BCUT2D eigenvalue weighted by atomic mass is 19.4. The molecule has 200 valence electrons. The summed E-state index contributed by atoms with van der Waals surface area (Å²) in [5, 5.41) is 18.6. The molecule has 2 heterocycles. The first-order valence-corrected chi connectivity index (χ1v) is 11.9. The number of halogens is 3. The third-order valence-corrected chi connectivity index (χ3v) is 6.00. The second-order valence-electron chi connectivity index (χ2n) is 8.60. The van der Waals surface area contributed by atoms with Crippen LogP contribution in [0.15, 0.2) is 95.9 Å². The number of rotatable bonds is 4. The van der Waals surface area contributed by atoms with E-state index in [4.69, 9.17) is 14.9 Å². The van der Waals surface area contributed by atoms with Gasteiger partial charge in [0.1, 0.15) is 5.97 Å². The number of nitrogens with one attached hydrogen (secondary N) is 1. The van der Waals surface area contributed by atoms with Gasteiger partial charge in [-0.25, -0.2) is 4.98 Å². The predicted octanol–water partition coefficient (Wildman–Crippen LogP) is 3.84. The molecule has 4 N–H and O–H groups in total. The van der Waals surface area contributed by atoms with Gasteiger partial charge in [0.25, 0.3) is 5.56 Å². The van der Waals surface area contributed by atoms with Gasteiger partial charge in [-0.2, -0.15) is 18.4 Å². The lowest BCUT2D eigenvalue weighted by Gasteiger charge is -2.14. The van der Waals surface area contributed by atoms with Gasteiger partial charge in [-0.1, -0.05) is 66.7 Å². The molecule has 0 fully saturated rings. The molecule has 0 aliphatic rings. The van der Waals surface area contributed by atoms with E-state index in [9.17, 15) is 23.2 Å². The maximum absolute atomic E-state index is 12.8. The van der Waals surface area contributed by atoms with Gasteiger partial charge in [0.2, 0.25) is 0 Å². The SMILES string of the molecule is N#Cc1cccc(-c2c[nH]c(=O)c3cc(-c4ccccc4)c(-c4ccc(C[NH3+])cc4)nc23)c1.O=C([O-])C(F)(F)F. The zero-order chi connectivity index (χ0) is 28.9. The van der Waals surface area contributed by atoms with Crippen LogP contribution in [-0.4, -0.2) is 22.1 Å². The quantitative estimate of drug-likeness (QED) is 0.356. The Bertz CT molecular complexity index is 1780. The summed E-state index contributed by atoms with van der Waals surface area (Å²) in [5.74, 6) is -3.01. The fourth-order valence-corrected chi connectivity index (χ4v) is 4.04. The number of quaternary nitrogens is 1. The number of aliphatic carboxylic acids is 1. The summed E-state index contributed by atoms with van der Waals surface area (Å²) < 4.78 is 31.5. The lowest BCUT2D eigenvalue weighted by atomic mass is 9.95. The highest BCUT2D eigenvalue weighted by Crippen LogP contribution is 2.35. The summed E-state index contributed by atoms with van der Waals surface area (Å²) in [4.78, 5) is 29.5. The molecule has 0 unspecified atom stereocenters. The van der Waals surface area contributed by atoms with E-state index in [1.807, 2.05) is 66.7 Å². The number of H-pyrrole nitrogens is 1. The number of carbonyl (C=O) groups excluding carboxylic acids is 1. The van der Waals surface area contributed by atoms with Gasteiger partial charge < -0.3 is 20.6 Å². The maximum Gasteiger partial charge on any atom is 0.430 e. The largest absolute Gasteiger partial charge is 0.542 e. The van der Waals surface area contributed by atoms with Gasteiger partial charge in [0.05, 0.1) is 34.8 Å². The average Bonchev–Trinajstić information content (AvgIpc) is 2.97. The zero-order valence-corrected chi connectivity index (χ0v) is 20.8. The Morgan fingerprint density at radius 3 is 2.17 bits per heavy atom. The molecule has 0 radical (unpaired) electrons. The van der Waals surface area contributed by atoms with Gasteiger partial charge in [0, 0.05) is 28.5 Å². The molecule has 3 aromatic carbocycles. The molecule has 5 rings (SSSR count). The lowest BCUT2D eigenvalue weighted by molar-refractivity contribution is -0.386. The van der Waals surface area contributed by atoms with Crippen molar-refractivity contribution in [1.82, 2.24) is 9.97 Å². The normalized spacial score (nSPS) is 10.9. The van der Waals surface area contributed by atoms with Gasteiger partial charge in [0.15, 0.2) is 0 Å². The van der Waals surface area contributed by atoms with E-state index >= 15 is 0 Å². The number of benzene rings is 3. The van der Waals surface area contributed by atoms with E-state index in [0.717, 1.165) is 39.1 Å². The van der Waals surface area contributed by atoms with Crippen LogP contribution >= 0.6 is 0 Å². The van der Waals surface area contributed by atoms with Crippen LogP contribution < -0.4 is 16.4 Å². The van der Waals surface area contributed by atoms with Crippen LogP contribution in [0.3, 0.4) is 0 Å². The van der Waals surface area contributed by atoms with Crippen molar-refractivity contribution < 1.29 is 28.8 Å². The van der Waals surface area contributed by atoms with Crippen molar-refractivity contribution in [3.63, 3.8) is 0 Å². The summed E-state index contributed by atoms with van der Waals surface area (Å²) in [5.41, 5.74) is 11.3. The molecule has 10 heteroatoms. The molecule has 40 heavy (non-hydrogen) atoms. The van der Waals surface area contributed by atoms with E-state index in [1.54, 1.807) is 12.3 Å². The minimum atomic E-state index is -5.19. The van der Waals surface area contributed by atoms with Gasteiger partial charge in [-0.15, -0.1) is 0 Å². The molecule has 0 saturated heterocycles. The van der Waals surface area contributed by atoms with Crippen molar-refractivity contribution in [2.45, 2.75) is 12.7 Å². The highest BCUT2D eigenvalue weighted by molar-refractivity contribution is 5.98. The first-order valence-electron chi connectivity index (χ1n) is 11.9. The minimum Gasteiger partial charge on any atom is -0.542 e. The second-order valence-corrected chi connectivity index (χ2v) is 8.60. The Labute approximate surface area is 226 Å². The van der Waals surface area contributed by atoms with Crippen molar-refractivity contribution in [2.75, 3.05) is 0 Å². The van der Waals surface area contributed by atoms with E-state index in [2.05, 4.69) is 28.9 Å². The van der Waals surface area contributed by atoms with Crippen molar-refractivity contribution >= 4 is 16.9 Å². The van der Waals surface area contributed by atoms with Crippen molar-refractivity contribution in [1.29, 1.82) is 5.26 Å². The molecule has 0 spiro atoms. The summed E-state index contributed by atoms with van der Waals surface area (Å²) in [6, 6.07) is 29.6. The number of aromatic amines is 1. The fourth-order valence-electron chi connectivity index (χ4n) is 4.04. The van der Waals surface area contributed by atoms with E-state index in [-0.39, 0.29) is 5.56 Å². The van der Waals surface area contributed by atoms with Crippen LogP contribution in [-0.2, 0) is 11.3 Å². The molecule has 5 aromatic rings. The van der Waals surface area contributed by atoms with Crippen LogP contribution in [0.4, 0.5) is 13.2 Å². The average molecular weight is 543 g/mol. The molecular weight excluding hydrogens is 521 g/mol. The zero-order valence-electron chi connectivity index (χ0n) is 20.8. The first kappa shape index (κ1) is 27.8. The third-order valence-electron chi connectivity index (χ3n) is 6.00. The number of hydrogen-bond acceptors (Lipinski definition) is 5. The van der Waals surface area contributed by atoms with Crippen molar-refractivity contribution in [2.24, 2.45) is 0 Å². The smallest absolute Gasteiger partial charge is 0.430 e. The Morgan fingerprint density at radius 2 is 1.57 bits per heavy atom. The molecule has 0 saturated carbocycles. The molecule has 7 nitrogen and oxygen atoms in total. The molecular formula is C30H21F3N4O3. The van der Waals surface area contributed by atoms with Crippen molar-refractivity contribution in [3.8, 4) is 39.6 Å². The molecule has 0 bridgehead atoms. The van der Waals surface area contributed by atoms with Crippen LogP contribution in [0.5, 0.6) is 0 Å². The van der Waals surface area contributed by atoms with E-state index < -0.39 is 12.1 Å². The Morgan fingerprint density at radius 1 is 0.925 bits per heavy atom. The summed E-state index contributed by atoms with van der Waals surface area (Å²) >= 11 is 0. The van der Waals surface area contributed by atoms with Gasteiger partial charge in [-0.3, -0.25) is 4.79 Å². The number of carbonyl (C=O) groups is 1. The number of carboxylic acids is 1. The Balaban J connectivity index is 0.000000470. The molecule has 0 aliphatic heterocycles. The summed E-state index contributed by atoms with van der Waals surface area (Å²) in [6.45, 7) is 0.714. The molecule has 0 atom stereocenters. The molecule has 0 aliphatic carbocycles.